The van der Waals surface area contributed by atoms with Gasteiger partial charge in [-0.05, 0) is 37.5 Å². The standard InChI is InChI=1S/C20H18N2O2S/c21-13-15-7-1-2-8-16(15)14-24-20(23)12-6-5-11-19-22-17-9-3-4-10-18(17)25-19/h1-4,7-10H,5-6,11-12,14H2. The predicted octanol–water partition coefficient (Wildman–Crippen LogP) is 4.62. The van der Waals surface area contributed by atoms with Crippen LogP contribution in [-0.2, 0) is 22.6 Å². The Morgan fingerprint density at radius 3 is 2.76 bits per heavy atom. The lowest BCUT2D eigenvalue weighted by Crippen LogP contribution is -2.05. The minimum atomic E-state index is -0.225. The van der Waals surface area contributed by atoms with Crippen LogP contribution in [0.2, 0.25) is 0 Å². The number of aromatic nitrogens is 1. The highest BCUT2D eigenvalue weighted by molar-refractivity contribution is 7.18. The number of unbranched alkanes of at least 4 members (excludes halogenated alkanes) is 1. The average molecular weight is 350 g/mol. The van der Waals surface area contributed by atoms with E-state index < -0.39 is 0 Å². The molecule has 0 saturated heterocycles. The van der Waals surface area contributed by atoms with Crippen molar-refractivity contribution in [2.24, 2.45) is 0 Å². The van der Waals surface area contributed by atoms with Crippen LogP contribution in [0.4, 0.5) is 0 Å². The fourth-order valence-corrected chi connectivity index (χ4v) is 3.57. The van der Waals surface area contributed by atoms with Crippen LogP contribution in [0.5, 0.6) is 0 Å². The number of fused-ring (bicyclic) bond motifs is 1. The van der Waals surface area contributed by atoms with Gasteiger partial charge in [-0.2, -0.15) is 5.26 Å². The lowest BCUT2D eigenvalue weighted by Gasteiger charge is -2.06. The third-order valence-corrected chi connectivity index (χ3v) is 4.98. The first-order chi connectivity index (χ1) is 12.3. The summed E-state index contributed by atoms with van der Waals surface area (Å²) in [4.78, 5) is 16.4. The average Bonchev–Trinajstić information content (AvgIpc) is 3.06. The third kappa shape index (κ3) is 4.65. The number of carbonyl (C=O) groups excluding carboxylic acids is 1. The van der Waals surface area contributed by atoms with Gasteiger partial charge in [-0.15, -0.1) is 11.3 Å². The summed E-state index contributed by atoms with van der Waals surface area (Å²) in [7, 11) is 0. The highest BCUT2D eigenvalue weighted by Gasteiger charge is 2.07. The molecular formula is C20H18N2O2S. The fourth-order valence-electron chi connectivity index (χ4n) is 2.56. The number of rotatable bonds is 7. The lowest BCUT2D eigenvalue weighted by atomic mass is 10.1. The number of thiazole rings is 1. The van der Waals surface area contributed by atoms with E-state index in [2.05, 4.69) is 17.1 Å². The van der Waals surface area contributed by atoms with Crippen molar-refractivity contribution in [3.63, 3.8) is 0 Å². The van der Waals surface area contributed by atoms with Crippen molar-refractivity contribution < 1.29 is 9.53 Å². The second kappa shape index (κ2) is 8.41. The number of hydrogen-bond acceptors (Lipinski definition) is 5. The van der Waals surface area contributed by atoms with E-state index in [1.54, 1.807) is 29.5 Å². The van der Waals surface area contributed by atoms with Crippen LogP contribution in [0.3, 0.4) is 0 Å². The third-order valence-electron chi connectivity index (χ3n) is 3.89. The number of esters is 1. The second-order valence-corrected chi connectivity index (χ2v) is 6.83. The number of nitrogens with zero attached hydrogens (tertiary/aromatic N) is 2. The molecule has 0 N–H and O–H groups in total. The fraction of sp³-hybridized carbons (Fsp3) is 0.250. The van der Waals surface area contributed by atoms with Crippen molar-refractivity contribution in [1.29, 1.82) is 5.26 Å². The minimum Gasteiger partial charge on any atom is -0.461 e. The summed E-state index contributed by atoms with van der Waals surface area (Å²) in [6.45, 7) is 0.153. The summed E-state index contributed by atoms with van der Waals surface area (Å²) in [6.07, 6.45) is 2.95. The molecule has 3 rings (SSSR count). The Hall–Kier alpha value is -2.71. The zero-order chi connectivity index (χ0) is 17.5. The molecule has 0 aliphatic heterocycles. The molecule has 1 aromatic heterocycles. The topological polar surface area (TPSA) is 63.0 Å². The highest BCUT2D eigenvalue weighted by Crippen LogP contribution is 2.23. The predicted molar refractivity (Wildman–Crippen MR) is 98.1 cm³/mol. The molecule has 0 saturated carbocycles. The van der Waals surface area contributed by atoms with Crippen molar-refractivity contribution in [3.8, 4) is 6.07 Å². The number of ether oxygens (including phenoxy) is 1. The highest BCUT2D eigenvalue weighted by atomic mass is 32.1. The van der Waals surface area contributed by atoms with Gasteiger partial charge < -0.3 is 4.74 Å². The molecule has 5 heteroatoms. The molecular weight excluding hydrogens is 332 g/mol. The summed E-state index contributed by atoms with van der Waals surface area (Å²) < 4.78 is 6.47. The first-order valence-corrected chi connectivity index (χ1v) is 9.06. The largest absolute Gasteiger partial charge is 0.461 e. The van der Waals surface area contributed by atoms with Crippen LogP contribution in [-0.4, -0.2) is 11.0 Å². The van der Waals surface area contributed by atoms with Crippen molar-refractivity contribution in [2.75, 3.05) is 0 Å². The molecule has 0 atom stereocenters. The zero-order valence-electron chi connectivity index (χ0n) is 13.8. The van der Waals surface area contributed by atoms with Gasteiger partial charge in [-0.3, -0.25) is 4.79 Å². The van der Waals surface area contributed by atoms with E-state index >= 15 is 0 Å². The van der Waals surface area contributed by atoms with E-state index in [4.69, 9.17) is 10.00 Å². The van der Waals surface area contributed by atoms with E-state index in [-0.39, 0.29) is 12.6 Å². The Morgan fingerprint density at radius 1 is 1.12 bits per heavy atom. The van der Waals surface area contributed by atoms with Crippen LogP contribution < -0.4 is 0 Å². The van der Waals surface area contributed by atoms with Gasteiger partial charge in [0.15, 0.2) is 0 Å². The maximum Gasteiger partial charge on any atom is 0.306 e. The van der Waals surface area contributed by atoms with Crippen LogP contribution >= 0.6 is 11.3 Å². The summed E-state index contributed by atoms with van der Waals surface area (Å²) in [6, 6.07) is 17.4. The second-order valence-electron chi connectivity index (χ2n) is 5.71. The summed E-state index contributed by atoms with van der Waals surface area (Å²) >= 11 is 1.71. The Kier molecular flexibility index (Phi) is 5.76. The van der Waals surface area contributed by atoms with Gasteiger partial charge in [0.1, 0.15) is 6.61 Å². The van der Waals surface area contributed by atoms with Gasteiger partial charge in [0, 0.05) is 12.0 Å². The van der Waals surface area contributed by atoms with Gasteiger partial charge >= 0.3 is 5.97 Å². The molecule has 0 bridgehead atoms. The quantitative estimate of drug-likeness (QED) is 0.460. The van der Waals surface area contributed by atoms with Gasteiger partial charge in [0.25, 0.3) is 0 Å². The number of aryl methyl sites for hydroxylation is 1. The number of carbonyl (C=O) groups is 1. The molecule has 0 spiro atoms. The van der Waals surface area contributed by atoms with Crippen molar-refractivity contribution in [2.45, 2.75) is 32.3 Å². The first-order valence-electron chi connectivity index (χ1n) is 8.24. The van der Waals surface area contributed by atoms with Gasteiger partial charge in [0.05, 0.1) is 26.9 Å². The molecule has 3 aromatic rings. The molecule has 2 aromatic carbocycles. The summed E-state index contributed by atoms with van der Waals surface area (Å²) in [5.41, 5.74) is 2.33. The van der Waals surface area contributed by atoms with Gasteiger partial charge in [-0.25, -0.2) is 4.98 Å². The maximum absolute atomic E-state index is 11.9. The smallest absolute Gasteiger partial charge is 0.306 e. The molecule has 0 unspecified atom stereocenters. The molecule has 0 amide bonds. The monoisotopic (exact) mass is 350 g/mol. The minimum absolute atomic E-state index is 0.153. The van der Waals surface area contributed by atoms with Crippen molar-refractivity contribution in [1.82, 2.24) is 4.98 Å². The molecule has 4 nitrogen and oxygen atoms in total. The van der Waals surface area contributed by atoms with Crippen molar-refractivity contribution >= 4 is 27.5 Å². The first kappa shape index (κ1) is 17.1. The van der Waals surface area contributed by atoms with E-state index in [1.165, 1.54) is 4.70 Å². The van der Waals surface area contributed by atoms with Gasteiger partial charge in [0.2, 0.25) is 0 Å². The molecule has 0 radical (unpaired) electrons. The van der Waals surface area contributed by atoms with Crippen LogP contribution in [0.25, 0.3) is 10.2 Å². The Bertz CT molecular complexity index is 878. The van der Waals surface area contributed by atoms with Crippen LogP contribution in [0, 0.1) is 11.3 Å². The summed E-state index contributed by atoms with van der Waals surface area (Å²) in [5.74, 6) is -0.225. The van der Waals surface area contributed by atoms with Gasteiger partial charge in [-0.1, -0.05) is 30.3 Å². The molecule has 0 aliphatic carbocycles. The molecule has 1 heterocycles. The zero-order valence-corrected chi connectivity index (χ0v) is 14.6. The summed E-state index contributed by atoms with van der Waals surface area (Å²) in [5, 5.41) is 10.1. The number of benzene rings is 2. The SMILES string of the molecule is N#Cc1ccccc1COC(=O)CCCCc1nc2ccccc2s1. The number of nitriles is 1. The number of hydrogen-bond donors (Lipinski definition) is 0. The Morgan fingerprint density at radius 2 is 1.92 bits per heavy atom. The Balaban J connectivity index is 1.40. The maximum atomic E-state index is 11.9. The lowest BCUT2D eigenvalue weighted by molar-refractivity contribution is -0.145. The molecule has 0 aliphatic rings. The van der Waals surface area contributed by atoms with Crippen molar-refractivity contribution in [3.05, 3.63) is 64.7 Å². The van der Waals surface area contributed by atoms with Crippen LogP contribution in [0.1, 0.15) is 35.4 Å². The number of para-hydroxylation sites is 1. The van der Waals surface area contributed by atoms with E-state index in [9.17, 15) is 4.79 Å². The molecule has 0 fully saturated rings. The normalized spacial score (nSPS) is 10.5. The molecule has 126 valence electrons. The molecule has 25 heavy (non-hydrogen) atoms. The Labute approximate surface area is 150 Å². The van der Waals surface area contributed by atoms with E-state index in [1.807, 2.05) is 24.3 Å². The van der Waals surface area contributed by atoms with Crippen LogP contribution in [0.15, 0.2) is 48.5 Å². The van der Waals surface area contributed by atoms with E-state index in [0.29, 0.717) is 12.0 Å². The van der Waals surface area contributed by atoms with E-state index in [0.717, 1.165) is 35.4 Å².